The summed E-state index contributed by atoms with van der Waals surface area (Å²) in [5.41, 5.74) is 2.16. The highest BCUT2D eigenvalue weighted by Gasteiger charge is 2.65. The van der Waals surface area contributed by atoms with Gasteiger partial charge in [-0.1, -0.05) is 19.1 Å². The standard InChI is InChI=1S/C22H25NO5/c1-4-18(25)27-16-7-5-13-11-15-14-6-8-17(26-12(2)24)21-22(14,9-10-23(15)3)19(13)20(16)28-21/h5-8,14-15,17,21H,4,9-11H2,1-3H3/t14?,15-,17?,21?,22+/m1/s1. The zero-order valence-electron chi connectivity index (χ0n) is 16.4. The summed E-state index contributed by atoms with van der Waals surface area (Å²) in [6.45, 7) is 4.16. The van der Waals surface area contributed by atoms with Gasteiger partial charge in [-0.05, 0) is 44.1 Å². The van der Waals surface area contributed by atoms with Crippen LogP contribution in [-0.2, 0) is 26.2 Å². The molecule has 0 amide bonds. The zero-order chi connectivity index (χ0) is 19.6. The molecule has 4 aliphatic rings. The summed E-state index contributed by atoms with van der Waals surface area (Å²) in [5.74, 6) is 0.830. The van der Waals surface area contributed by atoms with Crippen molar-refractivity contribution in [3.05, 3.63) is 35.4 Å². The second-order valence-corrected chi connectivity index (χ2v) is 8.32. The maximum Gasteiger partial charge on any atom is 0.311 e. The number of piperidine rings is 1. The quantitative estimate of drug-likeness (QED) is 0.454. The van der Waals surface area contributed by atoms with Gasteiger partial charge in [-0.25, -0.2) is 0 Å². The van der Waals surface area contributed by atoms with Crippen molar-refractivity contribution in [2.75, 3.05) is 13.6 Å². The summed E-state index contributed by atoms with van der Waals surface area (Å²) >= 11 is 0. The summed E-state index contributed by atoms with van der Waals surface area (Å²) in [6, 6.07) is 4.31. The lowest BCUT2D eigenvalue weighted by Crippen LogP contribution is -2.65. The van der Waals surface area contributed by atoms with E-state index in [2.05, 4.69) is 24.1 Å². The lowest BCUT2D eigenvalue weighted by molar-refractivity contribution is -0.152. The number of likely N-dealkylation sites (tertiary alicyclic amines) is 1. The van der Waals surface area contributed by atoms with Crippen LogP contribution in [0.5, 0.6) is 11.5 Å². The number of benzene rings is 1. The maximum atomic E-state index is 12.0. The number of esters is 2. The van der Waals surface area contributed by atoms with Crippen LogP contribution in [-0.4, -0.2) is 48.7 Å². The van der Waals surface area contributed by atoms with Crippen LogP contribution >= 0.6 is 0 Å². The molecule has 2 aliphatic heterocycles. The summed E-state index contributed by atoms with van der Waals surface area (Å²) in [7, 11) is 2.18. The average molecular weight is 383 g/mol. The molecule has 2 bridgehead atoms. The number of ether oxygens (including phenoxy) is 3. The van der Waals surface area contributed by atoms with Crippen LogP contribution in [0.2, 0.25) is 0 Å². The molecule has 2 heterocycles. The fraction of sp³-hybridized carbons (Fsp3) is 0.545. The Labute approximate surface area is 164 Å². The number of nitrogens with zero attached hydrogens (tertiary/aromatic N) is 1. The van der Waals surface area contributed by atoms with Crippen molar-refractivity contribution in [1.29, 1.82) is 0 Å². The van der Waals surface area contributed by atoms with E-state index in [1.807, 2.05) is 12.1 Å². The highest BCUT2D eigenvalue weighted by atomic mass is 16.6. The predicted octanol–water partition coefficient (Wildman–Crippen LogP) is 2.38. The Morgan fingerprint density at radius 1 is 1.32 bits per heavy atom. The Kier molecular flexibility index (Phi) is 3.85. The van der Waals surface area contributed by atoms with Crippen LogP contribution < -0.4 is 9.47 Å². The van der Waals surface area contributed by atoms with Gasteiger partial charge >= 0.3 is 11.9 Å². The van der Waals surface area contributed by atoms with Crippen molar-refractivity contribution in [3.8, 4) is 11.5 Å². The van der Waals surface area contributed by atoms with E-state index in [9.17, 15) is 9.59 Å². The molecule has 0 saturated carbocycles. The predicted molar refractivity (Wildman–Crippen MR) is 101 cm³/mol. The van der Waals surface area contributed by atoms with E-state index in [1.54, 1.807) is 6.92 Å². The molecule has 148 valence electrons. The minimum Gasteiger partial charge on any atom is -0.481 e. The van der Waals surface area contributed by atoms with Crippen molar-refractivity contribution in [2.45, 2.75) is 56.8 Å². The molecule has 0 radical (unpaired) electrons. The van der Waals surface area contributed by atoms with E-state index in [0.717, 1.165) is 24.9 Å². The first-order valence-electron chi connectivity index (χ1n) is 10.0. The molecule has 0 N–H and O–H groups in total. The first kappa shape index (κ1) is 17.7. The Morgan fingerprint density at radius 3 is 2.89 bits per heavy atom. The van der Waals surface area contributed by atoms with Crippen LogP contribution in [0.15, 0.2) is 24.3 Å². The average Bonchev–Trinajstić information content (AvgIpc) is 3.02. The van der Waals surface area contributed by atoms with Gasteiger partial charge in [0.25, 0.3) is 0 Å². The zero-order valence-corrected chi connectivity index (χ0v) is 16.4. The monoisotopic (exact) mass is 383 g/mol. The van der Waals surface area contributed by atoms with Crippen LogP contribution in [0.3, 0.4) is 0 Å². The molecule has 1 fully saturated rings. The lowest BCUT2D eigenvalue weighted by atomic mass is 9.53. The van der Waals surface area contributed by atoms with Crippen LogP contribution in [0.4, 0.5) is 0 Å². The number of likely N-dealkylation sites (N-methyl/N-ethyl adjacent to an activating group) is 1. The van der Waals surface area contributed by atoms with Gasteiger partial charge in [0, 0.05) is 36.3 Å². The molecule has 6 nitrogen and oxygen atoms in total. The Balaban J connectivity index is 1.68. The van der Waals surface area contributed by atoms with Gasteiger partial charge in [0.15, 0.2) is 17.6 Å². The molecule has 0 aromatic heterocycles. The topological polar surface area (TPSA) is 65.1 Å². The lowest BCUT2D eigenvalue weighted by Gasteiger charge is -2.56. The van der Waals surface area contributed by atoms with Crippen molar-refractivity contribution in [3.63, 3.8) is 0 Å². The SMILES string of the molecule is CCC(=O)Oc1ccc2c3c1OC1C(OC(C)=O)C=CC4[C@@H](C2)N(C)CC[C@]314. The number of hydrogen-bond acceptors (Lipinski definition) is 6. The van der Waals surface area contributed by atoms with Crippen molar-refractivity contribution in [1.82, 2.24) is 4.90 Å². The molecule has 5 atom stereocenters. The highest BCUT2D eigenvalue weighted by Crippen LogP contribution is 2.62. The first-order valence-corrected chi connectivity index (χ1v) is 10.0. The van der Waals surface area contributed by atoms with Gasteiger partial charge < -0.3 is 19.1 Å². The second-order valence-electron chi connectivity index (χ2n) is 8.32. The van der Waals surface area contributed by atoms with Gasteiger partial charge in [-0.15, -0.1) is 0 Å². The van der Waals surface area contributed by atoms with E-state index in [1.165, 1.54) is 12.5 Å². The van der Waals surface area contributed by atoms with Crippen molar-refractivity contribution < 1.29 is 23.8 Å². The molecule has 1 saturated heterocycles. The van der Waals surface area contributed by atoms with Crippen molar-refractivity contribution >= 4 is 11.9 Å². The molecule has 3 unspecified atom stereocenters. The number of hydrogen-bond donors (Lipinski definition) is 0. The Morgan fingerprint density at radius 2 is 2.14 bits per heavy atom. The van der Waals surface area contributed by atoms with Gasteiger partial charge in [0.1, 0.15) is 6.10 Å². The van der Waals surface area contributed by atoms with Crippen LogP contribution in [0.25, 0.3) is 0 Å². The van der Waals surface area contributed by atoms with E-state index in [-0.39, 0.29) is 29.4 Å². The fourth-order valence-electron chi connectivity index (χ4n) is 5.78. The summed E-state index contributed by atoms with van der Waals surface area (Å²) in [5, 5.41) is 0. The molecule has 1 aromatic rings. The van der Waals surface area contributed by atoms with Gasteiger partial charge in [0.2, 0.25) is 0 Å². The Hall–Kier alpha value is -2.34. The number of carbonyl (C=O) groups excluding carboxylic acids is 2. The molecule has 2 aliphatic carbocycles. The van der Waals surface area contributed by atoms with E-state index < -0.39 is 6.10 Å². The molecule has 1 spiro atoms. The third kappa shape index (κ3) is 2.24. The maximum absolute atomic E-state index is 12.0. The van der Waals surface area contributed by atoms with Gasteiger partial charge in [-0.2, -0.15) is 0 Å². The summed E-state index contributed by atoms with van der Waals surface area (Å²) < 4.78 is 17.7. The number of rotatable bonds is 3. The van der Waals surface area contributed by atoms with Crippen LogP contribution in [0.1, 0.15) is 37.8 Å². The second kappa shape index (κ2) is 6.08. The highest BCUT2D eigenvalue weighted by molar-refractivity contribution is 5.74. The third-order valence-corrected chi connectivity index (χ3v) is 6.93. The Bertz CT molecular complexity index is 893. The summed E-state index contributed by atoms with van der Waals surface area (Å²) in [6.07, 6.45) is 5.63. The van der Waals surface area contributed by atoms with E-state index in [0.29, 0.717) is 24.0 Å². The smallest absolute Gasteiger partial charge is 0.311 e. The summed E-state index contributed by atoms with van der Waals surface area (Å²) in [4.78, 5) is 26.1. The van der Waals surface area contributed by atoms with E-state index >= 15 is 0 Å². The molecule has 1 aromatic carbocycles. The largest absolute Gasteiger partial charge is 0.481 e. The van der Waals surface area contributed by atoms with Crippen molar-refractivity contribution in [2.24, 2.45) is 5.92 Å². The third-order valence-electron chi connectivity index (χ3n) is 6.93. The first-order chi connectivity index (χ1) is 13.5. The molecule has 6 heteroatoms. The van der Waals surface area contributed by atoms with Gasteiger partial charge in [0.05, 0.1) is 0 Å². The molecular formula is C22H25NO5. The minimum absolute atomic E-state index is 0.246. The van der Waals surface area contributed by atoms with E-state index in [4.69, 9.17) is 14.2 Å². The number of carbonyl (C=O) groups is 2. The van der Waals surface area contributed by atoms with Crippen LogP contribution in [0, 0.1) is 5.92 Å². The molecule has 28 heavy (non-hydrogen) atoms. The minimum atomic E-state index is -0.439. The molecular weight excluding hydrogens is 358 g/mol. The fourth-order valence-corrected chi connectivity index (χ4v) is 5.78. The van der Waals surface area contributed by atoms with Gasteiger partial charge in [-0.3, -0.25) is 9.59 Å². The molecule has 5 rings (SSSR count). The normalized spacial score (nSPS) is 34.4.